The predicted molar refractivity (Wildman–Crippen MR) is 61.8 cm³/mol. The van der Waals surface area contributed by atoms with E-state index in [-0.39, 0.29) is 5.75 Å². The highest BCUT2D eigenvalue weighted by Gasteiger charge is 2.30. The minimum atomic E-state index is -4.69. The van der Waals surface area contributed by atoms with Crippen molar-refractivity contribution < 1.29 is 22.7 Å². The van der Waals surface area contributed by atoms with Crippen molar-refractivity contribution in [2.45, 2.75) is 6.36 Å². The summed E-state index contributed by atoms with van der Waals surface area (Å²) in [6, 6.07) is 7.19. The third-order valence-corrected chi connectivity index (χ3v) is 3.13. The summed E-state index contributed by atoms with van der Waals surface area (Å²) in [5, 5.41) is 1.68. The summed E-state index contributed by atoms with van der Waals surface area (Å²) in [7, 11) is 0. The Kier molecular flexibility index (Phi) is 3.38. The second-order valence-corrected chi connectivity index (χ2v) is 4.35. The third kappa shape index (κ3) is 3.10. The smallest absolute Gasteiger partial charge is 0.406 e. The summed E-state index contributed by atoms with van der Waals surface area (Å²) in [6.07, 6.45) is -3.96. The van der Waals surface area contributed by atoms with Gasteiger partial charge in [0.05, 0.1) is 0 Å². The zero-order chi connectivity index (χ0) is 13.2. The van der Waals surface area contributed by atoms with Crippen molar-refractivity contribution >= 4 is 17.6 Å². The number of hydrogen-bond acceptors (Lipinski definition) is 3. The Balaban J connectivity index is 2.19. The topological polar surface area (TPSA) is 26.3 Å². The van der Waals surface area contributed by atoms with Crippen molar-refractivity contribution in [3.8, 4) is 16.2 Å². The predicted octanol–water partition coefficient (Wildman–Crippen LogP) is 4.13. The summed E-state index contributed by atoms with van der Waals surface area (Å²) in [5.74, 6) is -0.265. The normalized spacial score (nSPS) is 11.3. The highest BCUT2D eigenvalue weighted by molar-refractivity contribution is 7.13. The van der Waals surface area contributed by atoms with Crippen molar-refractivity contribution in [1.82, 2.24) is 0 Å². The van der Waals surface area contributed by atoms with Gasteiger partial charge in [0.1, 0.15) is 5.75 Å². The van der Waals surface area contributed by atoms with Gasteiger partial charge < -0.3 is 4.74 Å². The quantitative estimate of drug-likeness (QED) is 0.785. The molecule has 0 bridgehead atoms. The van der Waals surface area contributed by atoms with Gasteiger partial charge in [-0.05, 0) is 35.9 Å². The maximum Gasteiger partial charge on any atom is 0.573 e. The molecule has 0 atom stereocenters. The first-order valence-electron chi connectivity index (χ1n) is 4.88. The van der Waals surface area contributed by atoms with Crippen molar-refractivity contribution in [2.24, 2.45) is 0 Å². The number of carbonyl (C=O) groups is 1. The number of thiophene rings is 1. The van der Waals surface area contributed by atoms with Crippen LogP contribution in [0.4, 0.5) is 13.2 Å². The molecule has 1 aromatic heterocycles. The van der Waals surface area contributed by atoms with E-state index in [4.69, 9.17) is 0 Å². The van der Waals surface area contributed by atoms with Gasteiger partial charge in [-0.25, -0.2) is 0 Å². The van der Waals surface area contributed by atoms with Crippen LogP contribution < -0.4 is 4.74 Å². The van der Waals surface area contributed by atoms with Crippen molar-refractivity contribution in [3.05, 3.63) is 41.3 Å². The molecule has 1 aromatic carbocycles. The molecule has 94 valence electrons. The summed E-state index contributed by atoms with van der Waals surface area (Å²) in [5.41, 5.74) is 1.29. The van der Waals surface area contributed by atoms with Crippen molar-refractivity contribution in [2.75, 3.05) is 0 Å². The van der Waals surface area contributed by atoms with Gasteiger partial charge in [-0.2, -0.15) is 0 Å². The monoisotopic (exact) mass is 272 g/mol. The summed E-state index contributed by atoms with van der Waals surface area (Å²) in [4.78, 5) is 11.3. The lowest BCUT2D eigenvalue weighted by Gasteiger charge is -2.08. The molecule has 2 rings (SSSR count). The molecule has 0 unspecified atom stereocenters. The van der Waals surface area contributed by atoms with Gasteiger partial charge in [-0.3, -0.25) is 4.79 Å². The number of rotatable bonds is 3. The first-order chi connectivity index (χ1) is 8.48. The fourth-order valence-corrected chi connectivity index (χ4v) is 2.25. The number of halogens is 3. The Bertz CT molecular complexity index is 543. The number of hydrogen-bond donors (Lipinski definition) is 0. The largest absolute Gasteiger partial charge is 0.573 e. The average molecular weight is 272 g/mol. The molecular formula is C12H7F3O2S. The van der Waals surface area contributed by atoms with Gasteiger partial charge in [-0.1, -0.05) is 0 Å². The number of aldehydes is 1. The maximum absolute atomic E-state index is 12.0. The minimum Gasteiger partial charge on any atom is -0.406 e. The zero-order valence-electron chi connectivity index (χ0n) is 8.90. The standard InChI is InChI=1S/C12H7F3O2S/c13-12(14,15)17-10-3-1-9(2-4-10)11-5-8(6-16)7-18-11/h1-7H. The SMILES string of the molecule is O=Cc1csc(-c2ccc(OC(F)(F)F)cc2)c1. The molecule has 0 spiro atoms. The van der Waals surface area contributed by atoms with E-state index in [9.17, 15) is 18.0 Å². The molecule has 0 saturated heterocycles. The van der Waals surface area contributed by atoms with Crippen LogP contribution in [0.25, 0.3) is 10.4 Å². The second-order valence-electron chi connectivity index (χ2n) is 3.43. The van der Waals surface area contributed by atoms with E-state index in [1.54, 1.807) is 11.4 Å². The molecule has 0 saturated carbocycles. The van der Waals surface area contributed by atoms with E-state index < -0.39 is 6.36 Å². The van der Waals surface area contributed by atoms with Crippen LogP contribution >= 0.6 is 11.3 Å². The van der Waals surface area contributed by atoms with Crippen LogP contribution in [0.3, 0.4) is 0 Å². The lowest BCUT2D eigenvalue weighted by Crippen LogP contribution is -2.16. The van der Waals surface area contributed by atoms with E-state index >= 15 is 0 Å². The summed E-state index contributed by atoms with van der Waals surface area (Å²) < 4.78 is 39.6. The van der Waals surface area contributed by atoms with Gasteiger partial charge in [0.25, 0.3) is 0 Å². The van der Waals surface area contributed by atoms with Gasteiger partial charge in [0.2, 0.25) is 0 Å². The fraction of sp³-hybridized carbons (Fsp3) is 0.0833. The van der Waals surface area contributed by atoms with Gasteiger partial charge in [-0.15, -0.1) is 24.5 Å². The Morgan fingerprint density at radius 2 is 1.83 bits per heavy atom. The Morgan fingerprint density at radius 3 is 2.33 bits per heavy atom. The Morgan fingerprint density at radius 1 is 1.17 bits per heavy atom. The fourth-order valence-electron chi connectivity index (χ4n) is 1.38. The number of ether oxygens (including phenoxy) is 1. The van der Waals surface area contributed by atoms with Crippen LogP contribution in [0, 0.1) is 0 Å². The highest BCUT2D eigenvalue weighted by Crippen LogP contribution is 2.29. The molecule has 6 heteroatoms. The molecule has 0 amide bonds. The molecule has 0 radical (unpaired) electrons. The molecule has 1 heterocycles. The molecule has 2 nitrogen and oxygen atoms in total. The molecule has 0 aliphatic carbocycles. The first kappa shape index (κ1) is 12.6. The summed E-state index contributed by atoms with van der Waals surface area (Å²) >= 11 is 1.35. The van der Waals surface area contributed by atoms with Crippen LogP contribution in [-0.4, -0.2) is 12.6 Å². The zero-order valence-corrected chi connectivity index (χ0v) is 9.72. The van der Waals surface area contributed by atoms with Crippen LogP contribution in [0.5, 0.6) is 5.75 Å². The van der Waals surface area contributed by atoms with E-state index in [0.717, 1.165) is 16.7 Å². The summed E-state index contributed by atoms with van der Waals surface area (Å²) in [6.45, 7) is 0. The number of carbonyl (C=O) groups excluding carboxylic acids is 1. The van der Waals surface area contributed by atoms with Crippen LogP contribution in [0.1, 0.15) is 10.4 Å². The average Bonchev–Trinajstić information content (AvgIpc) is 2.76. The second kappa shape index (κ2) is 4.81. The van der Waals surface area contributed by atoms with Gasteiger partial charge >= 0.3 is 6.36 Å². The van der Waals surface area contributed by atoms with E-state index in [2.05, 4.69) is 4.74 Å². The first-order valence-corrected chi connectivity index (χ1v) is 5.76. The highest BCUT2D eigenvalue weighted by atomic mass is 32.1. The lowest BCUT2D eigenvalue weighted by atomic mass is 10.1. The van der Waals surface area contributed by atoms with E-state index in [1.165, 1.54) is 35.6 Å². The van der Waals surface area contributed by atoms with Crippen molar-refractivity contribution in [3.63, 3.8) is 0 Å². The van der Waals surface area contributed by atoms with Crippen LogP contribution in [-0.2, 0) is 0 Å². The Labute approximate surface area is 105 Å². The van der Waals surface area contributed by atoms with E-state index in [1.807, 2.05) is 0 Å². The molecule has 0 N–H and O–H groups in total. The third-order valence-electron chi connectivity index (χ3n) is 2.13. The van der Waals surface area contributed by atoms with Crippen LogP contribution in [0.15, 0.2) is 35.7 Å². The molecular weight excluding hydrogens is 265 g/mol. The number of alkyl halides is 3. The van der Waals surface area contributed by atoms with Gasteiger partial charge in [0, 0.05) is 15.8 Å². The molecule has 0 fully saturated rings. The number of benzene rings is 1. The Hall–Kier alpha value is -1.82. The van der Waals surface area contributed by atoms with Crippen molar-refractivity contribution in [1.29, 1.82) is 0 Å². The van der Waals surface area contributed by atoms with E-state index in [0.29, 0.717) is 5.56 Å². The molecule has 0 aliphatic heterocycles. The lowest BCUT2D eigenvalue weighted by molar-refractivity contribution is -0.274. The minimum absolute atomic E-state index is 0.265. The molecule has 0 aliphatic rings. The maximum atomic E-state index is 12.0. The van der Waals surface area contributed by atoms with Crippen LogP contribution in [0.2, 0.25) is 0 Å². The molecule has 18 heavy (non-hydrogen) atoms. The van der Waals surface area contributed by atoms with Gasteiger partial charge in [0.15, 0.2) is 6.29 Å². The molecule has 2 aromatic rings.